The molecule has 0 amide bonds. The molecule has 0 atom stereocenters. The topological polar surface area (TPSA) is 156 Å². The summed E-state index contributed by atoms with van der Waals surface area (Å²) < 4.78 is 54.3. The average molecular weight is 654 g/mol. The van der Waals surface area contributed by atoms with Gasteiger partial charge in [0.05, 0.1) is 15.5 Å². The Labute approximate surface area is 267 Å². The predicted octanol–water partition coefficient (Wildman–Crippen LogP) is 4.84. The van der Waals surface area contributed by atoms with Crippen LogP contribution in [-0.2, 0) is 19.9 Å². The highest BCUT2D eigenvalue weighted by Crippen LogP contribution is 2.24. The summed E-state index contributed by atoms with van der Waals surface area (Å²) >= 11 is 0. The van der Waals surface area contributed by atoms with Crippen LogP contribution in [0, 0.1) is 0 Å². The zero-order chi connectivity index (χ0) is 31.9. The molecular formula is C33H59N5O4S2. The van der Waals surface area contributed by atoms with Crippen LogP contribution in [-0.4, -0.2) is 68.4 Å². The highest BCUT2D eigenvalue weighted by atomic mass is 32.2. The monoisotopic (exact) mass is 653 g/mol. The zero-order valence-corrected chi connectivity index (χ0v) is 28.5. The Balaban J connectivity index is 1.68. The summed E-state index contributed by atoms with van der Waals surface area (Å²) in [6.45, 7) is 5.59. The molecule has 2 aromatic carbocycles. The lowest BCUT2D eigenvalue weighted by Gasteiger charge is -2.10. The molecule has 11 heteroatoms. The van der Waals surface area contributed by atoms with Gasteiger partial charge in [0.25, 0.3) is 0 Å². The Bertz CT molecular complexity index is 1160. The maximum atomic E-state index is 12.9. The van der Waals surface area contributed by atoms with E-state index in [1.807, 2.05) is 0 Å². The number of rotatable bonds is 28. The van der Waals surface area contributed by atoms with Gasteiger partial charge in [-0.15, -0.1) is 0 Å². The predicted molar refractivity (Wildman–Crippen MR) is 184 cm³/mol. The third-order valence-electron chi connectivity index (χ3n) is 7.91. The van der Waals surface area contributed by atoms with E-state index in [-0.39, 0.29) is 10.6 Å². The number of nitrogens with one attached hydrogen (secondary N) is 3. The summed E-state index contributed by atoms with van der Waals surface area (Å²) in [7, 11) is -7.04. The second kappa shape index (κ2) is 22.8. The summed E-state index contributed by atoms with van der Waals surface area (Å²) in [6.07, 6.45) is 16.1. The van der Waals surface area contributed by atoms with Gasteiger partial charge in [-0.2, -0.15) is 0 Å². The fourth-order valence-electron chi connectivity index (χ4n) is 5.19. The summed E-state index contributed by atoms with van der Waals surface area (Å²) in [5.74, 6) is 0.129. The molecule has 7 N–H and O–H groups in total. The fourth-order valence-corrected chi connectivity index (χ4v) is 7.70. The number of hydrogen-bond donors (Lipinski definition) is 5. The molecule has 0 saturated carbocycles. The van der Waals surface area contributed by atoms with Gasteiger partial charge >= 0.3 is 0 Å². The van der Waals surface area contributed by atoms with E-state index in [0.717, 1.165) is 77.8 Å². The molecule has 0 radical (unpaired) electrons. The first-order valence-corrected chi connectivity index (χ1v) is 20.0. The van der Waals surface area contributed by atoms with Crippen LogP contribution >= 0.6 is 0 Å². The second-order valence-corrected chi connectivity index (χ2v) is 15.6. The molecule has 9 nitrogen and oxygen atoms in total. The van der Waals surface area contributed by atoms with Crippen LogP contribution in [0.25, 0.3) is 10.8 Å². The van der Waals surface area contributed by atoms with Crippen LogP contribution in [0.4, 0.5) is 0 Å². The first kappa shape index (κ1) is 38.6. The lowest BCUT2D eigenvalue weighted by molar-refractivity contribution is 0.554. The van der Waals surface area contributed by atoms with Crippen molar-refractivity contribution in [2.75, 3.05) is 51.6 Å². The van der Waals surface area contributed by atoms with E-state index < -0.39 is 19.9 Å². The molecule has 0 saturated heterocycles. The van der Waals surface area contributed by atoms with Crippen LogP contribution in [0.5, 0.6) is 0 Å². The smallest absolute Gasteiger partial charge is 0.240 e. The summed E-state index contributed by atoms with van der Waals surface area (Å²) in [4.78, 5) is 0.478. The van der Waals surface area contributed by atoms with Gasteiger partial charge in [0.2, 0.25) is 10.0 Å². The zero-order valence-electron chi connectivity index (χ0n) is 26.8. The number of fused-ring (bicyclic) bond motifs is 1. The van der Waals surface area contributed by atoms with Gasteiger partial charge in [0, 0.05) is 6.54 Å². The van der Waals surface area contributed by atoms with Gasteiger partial charge in [-0.05, 0) is 113 Å². The van der Waals surface area contributed by atoms with E-state index in [1.54, 1.807) is 36.4 Å². The van der Waals surface area contributed by atoms with E-state index in [1.165, 1.54) is 44.9 Å². The van der Waals surface area contributed by atoms with Crippen LogP contribution in [0.1, 0.15) is 96.3 Å². The Hall–Kier alpha value is -1.60. The molecule has 44 heavy (non-hydrogen) atoms. The van der Waals surface area contributed by atoms with E-state index in [9.17, 15) is 16.8 Å². The molecule has 0 fully saturated rings. The lowest BCUT2D eigenvalue weighted by Crippen LogP contribution is -2.27. The van der Waals surface area contributed by atoms with Gasteiger partial charge in [0.1, 0.15) is 0 Å². The Morgan fingerprint density at radius 1 is 0.477 bits per heavy atom. The molecule has 0 heterocycles. The highest BCUT2D eigenvalue weighted by molar-refractivity contribution is 7.91. The maximum absolute atomic E-state index is 12.9. The van der Waals surface area contributed by atoms with Crippen LogP contribution in [0.3, 0.4) is 0 Å². The summed E-state index contributed by atoms with van der Waals surface area (Å²) in [5.41, 5.74) is 11.0. The highest BCUT2D eigenvalue weighted by Gasteiger charge is 2.17. The van der Waals surface area contributed by atoms with Gasteiger partial charge in [0.15, 0.2) is 9.84 Å². The summed E-state index contributed by atoms with van der Waals surface area (Å²) in [6, 6.07) is 9.79. The molecular weight excluding hydrogens is 595 g/mol. The van der Waals surface area contributed by atoms with Crippen molar-refractivity contribution < 1.29 is 16.8 Å². The van der Waals surface area contributed by atoms with Crippen molar-refractivity contribution >= 4 is 30.6 Å². The van der Waals surface area contributed by atoms with Crippen molar-refractivity contribution in [3.8, 4) is 0 Å². The number of unbranched alkanes of at least 4 members (excludes halogenated alkanes) is 11. The van der Waals surface area contributed by atoms with Gasteiger partial charge in [-0.1, -0.05) is 69.9 Å². The van der Waals surface area contributed by atoms with Crippen molar-refractivity contribution in [1.29, 1.82) is 0 Å². The largest absolute Gasteiger partial charge is 0.330 e. The van der Waals surface area contributed by atoms with E-state index >= 15 is 0 Å². The van der Waals surface area contributed by atoms with Gasteiger partial charge < -0.3 is 22.1 Å². The number of sulfone groups is 1. The Morgan fingerprint density at radius 3 is 1.52 bits per heavy atom. The first-order chi connectivity index (χ1) is 21.3. The maximum Gasteiger partial charge on any atom is 0.240 e. The SMILES string of the molecule is NCCCCCCCCNCCCNS(=O)(=O)c1ccc2cc(S(=O)(=O)CCCCCCCCCNCCCN)ccc2c1. The molecule has 0 bridgehead atoms. The molecule has 0 aliphatic rings. The van der Waals surface area contributed by atoms with E-state index in [0.29, 0.717) is 35.1 Å². The number of nitrogens with two attached hydrogens (primary N) is 2. The van der Waals surface area contributed by atoms with Gasteiger partial charge in [-0.3, -0.25) is 0 Å². The van der Waals surface area contributed by atoms with Crippen LogP contribution < -0.4 is 26.8 Å². The third-order valence-corrected chi connectivity index (χ3v) is 11.2. The quantitative estimate of drug-likeness (QED) is 0.0817. The Morgan fingerprint density at radius 2 is 0.932 bits per heavy atom. The molecule has 0 aromatic heterocycles. The number of sulfonamides is 1. The second-order valence-electron chi connectivity index (χ2n) is 11.8. The lowest BCUT2D eigenvalue weighted by atomic mass is 10.1. The fraction of sp³-hybridized carbons (Fsp3) is 0.697. The normalized spacial score (nSPS) is 12.3. The van der Waals surface area contributed by atoms with Crippen molar-refractivity contribution in [2.45, 2.75) is 106 Å². The third kappa shape index (κ3) is 16.1. The minimum Gasteiger partial charge on any atom is -0.330 e. The molecule has 0 unspecified atom stereocenters. The standard InChI is InChI=1S/C33H59N5O4S2/c34-20-10-6-2-4-8-12-23-37-25-15-26-38-44(41,42)33-19-17-30-28-32(18-16-31(30)29-33)43(39,40)27-13-9-5-1-3-7-11-22-36-24-14-21-35/h16-19,28-29,36-38H,1-15,20-27,34-35H2. The minimum atomic E-state index is -3.65. The van der Waals surface area contributed by atoms with Crippen molar-refractivity contribution in [3.05, 3.63) is 36.4 Å². The minimum absolute atomic E-state index is 0.129. The molecule has 252 valence electrons. The average Bonchev–Trinajstić information content (AvgIpc) is 3.01. The van der Waals surface area contributed by atoms with Crippen molar-refractivity contribution in [3.63, 3.8) is 0 Å². The Kier molecular flexibility index (Phi) is 20.0. The van der Waals surface area contributed by atoms with Gasteiger partial charge in [-0.25, -0.2) is 21.6 Å². The number of benzene rings is 2. The molecule has 0 aliphatic carbocycles. The van der Waals surface area contributed by atoms with Crippen molar-refractivity contribution in [1.82, 2.24) is 15.4 Å². The van der Waals surface area contributed by atoms with Crippen LogP contribution in [0.15, 0.2) is 46.2 Å². The molecule has 0 spiro atoms. The van der Waals surface area contributed by atoms with Crippen molar-refractivity contribution in [2.24, 2.45) is 11.5 Å². The van der Waals surface area contributed by atoms with E-state index in [2.05, 4.69) is 15.4 Å². The number of hydrogen-bond acceptors (Lipinski definition) is 8. The molecule has 2 aromatic rings. The summed E-state index contributed by atoms with van der Waals surface area (Å²) in [5, 5.41) is 8.19. The molecule has 2 rings (SSSR count). The first-order valence-electron chi connectivity index (χ1n) is 16.9. The van der Waals surface area contributed by atoms with E-state index in [4.69, 9.17) is 11.5 Å². The van der Waals surface area contributed by atoms with Crippen LogP contribution in [0.2, 0.25) is 0 Å². The molecule has 0 aliphatic heterocycles.